The molecule has 0 atom stereocenters. The summed E-state index contributed by atoms with van der Waals surface area (Å²) in [6.07, 6.45) is 1.60. The molecule has 0 aromatic heterocycles. The first-order valence-corrected chi connectivity index (χ1v) is 9.40. The van der Waals surface area contributed by atoms with Crippen molar-refractivity contribution in [3.8, 4) is 17.6 Å². The summed E-state index contributed by atoms with van der Waals surface area (Å²) in [5, 5.41) is 20.6. The van der Waals surface area contributed by atoms with Gasteiger partial charge in [0.1, 0.15) is 12.4 Å². The van der Waals surface area contributed by atoms with Crippen LogP contribution >= 0.6 is 11.6 Å². The zero-order valence-electron chi connectivity index (χ0n) is 16.3. The van der Waals surface area contributed by atoms with Gasteiger partial charge in [-0.25, -0.2) is 4.39 Å². The smallest absolute Gasteiger partial charge is 0.269 e. The Labute approximate surface area is 182 Å². The molecule has 0 spiro atoms. The van der Waals surface area contributed by atoms with Gasteiger partial charge in [-0.15, -0.1) is 0 Å². The molecular formula is C23H16ClFN2O4. The van der Waals surface area contributed by atoms with Crippen molar-refractivity contribution in [2.24, 2.45) is 0 Å². The van der Waals surface area contributed by atoms with Gasteiger partial charge < -0.3 is 9.47 Å². The first-order valence-electron chi connectivity index (χ1n) is 9.02. The van der Waals surface area contributed by atoms with E-state index in [1.54, 1.807) is 30.3 Å². The first-order chi connectivity index (χ1) is 14.9. The fourth-order valence-electron chi connectivity index (χ4n) is 2.81. The lowest BCUT2D eigenvalue weighted by Gasteiger charge is -2.13. The minimum Gasteiger partial charge on any atom is -0.493 e. The van der Waals surface area contributed by atoms with E-state index in [0.717, 1.165) is 5.56 Å². The number of ether oxygens (including phenoxy) is 2. The lowest BCUT2D eigenvalue weighted by atomic mass is 10.0. The largest absolute Gasteiger partial charge is 0.493 e. The minimum absolute atomic E-state index is 0.0617. The molecule has 0 saturated heterocycles. The van der Waals surface area contributed by atoms with E-state index in [0.29, 0.717) is 28.2 Å². The second kappa shape index (κ2) is 9.74. The number of methoxy groups -OCH3 is 1. The molecule has 0 aliphatic rings. The number of rotatable bonds is 7. The van der Waals surface area contributed by atoms with Crippen LogP contribution in [0.2, 0.25) is 5.02 Å². The number of nitro benzene ring substituents is 1. The maximum absolute atomic E-state index is 13.0. The molecule has 0 aliphatic carbocycles. The molecular weight excluding hydrogens is 423 g/mol. The summed E-state index contributed by atoms with van der Waals surface area (Å²) in [6, 6.07) is 16.9. The molecule has 0 fully saturated rings. The van der Waals surface area contributed by atoms with Gasteiger partial charge in [-0.2, -0.15) is 5.26 Å². The Kier molecular flexibility index (Phi) is 6.85. The van der Waals surface area contributed by atoms with Crippen molar-refractivity contribution in [1.82, 2.24) is 0 Å². The van der Waals surface area contributed by atoms with Crippen LogP contribution in [0.15, 0.2) is 60.7 Å². The van der Waals surface area contributed by atoms with Crippen LogP contribution in [0.5, 0.6) is 11.5 Å². The van der Waals surface area contributed by atoms with E-state index in [1.165, 1.54) is 43.5 Å². The Morgan fingerprint density at radius 3 is 2.45 bits per heavy atom. The monoisotopic (exact) mass is 438 g/mol. The van der Waals surface area contributed by atoms with Crippen molar-refractivity contribution in [2.45, 2.75) is 6.61 Å². The Morgan fingerprint density at radius 2 is 1.87 bits per heavy atom. The van der Waals surface area contributed by atoms with Crippen LogP contribution in [-0.2, 0) is 6.61 Å². The summed E-state index contributed by atoms with van der Waals surface area (Å²) in [5.41, 5.74) is 2.11. The lowest BCUT2D eigenvalue weighted by molar-refractivity contribution is -0.384. The molecule has 0 N–H and O–H groups in total. The zero-order valence-corrected chi connectivity index (χ0v) is 17.1. The molecule has 3 aromatic rings. The van der Waals surface area contributed by atoms with E-state index in [-0.39, 0.29) is 23.1 Å². The number of nitriles is 1. The third-order valence-electron chi connectivity index (χ3n) is 4.37. The van der Waals surface area contributed by atoms with Crippen molar-refractivity contribution in [3.05, 3.63) is 98.3 Å². The predicted molar refractivity (Wildman–Crippen MR) is 115 cm³/mol. The highest BCUT2D eigenvalue weighted by Crippen LogP contribution is 2.38. The van der Waals surface area contributed by atoms with E-state index >= 15 is 0 Å². The topological polar surface area (TPSA) is 85.4 Å². The second-order valence-corrected chi connectivity index (χ2v) is 6.83. The minimum atomic E-state index is -0.505. The lowest BCUT2D eigenvalue weighted by Crippen LogP contribution is -1.99. The van der Waals surface area contributed by atoms with Crippen molar-refractivity contribution in [2.75, 3.05) is 7.11 Å². The molecule has 0 saturated carbocycles. The average molecular weight is 439 g/mol. The fourth-order valence-corrected chi connectivity index (χ4v) is 3.08. The number of benzene rings is 3. The van der Waals surface area contributed by atoms with Crippen LogP contribution in [0, 0.1) is 27.3 Å². The molecule has 0 aliphatic heterocycles. The Hall–Kier alpha value is -3.89. The quantitative estimate of drug-likeness (QED) is 0.194. The molecule has 3 aromatic carbocycles. The van der Waals surface area contributed by atoms with Gasteiger partial charge in [0.25, 0.3) is 5.69 Å². The van der Waals surface area contributed by atoms with Crippen molar-refractivity contribution >= 4 is 28.9 Å². The molecule has 8 heteroatoms. The Balaban J connectivity index is 1.87. The van der Waals surface area contributed by atoms with Gasteiger partial charge >= 0.3 is 0 Å². The normalized spacial score (nSPS) is 11.0. The molecule has 0 bridgehead atoms. The molecule has 156 valence electrons. The van der Waals surface area contributed by atoms with Gasteiger partial charge in [-0.3, -0.25) is 10.1 Å². The van der Waals surface area contributed by atoms with E-state index in [4.69, 9.17) is 21.1 Å². The van der Waals surface area contributed by atoms with Gasteiger partial charge in [0, 0.05) is 12.1 Å². The van der Waals surface area contributed by atoms with Crippen LogP contribution in [0.1, 0.15) is 16.7 Å². The molecule has 0 heterocycles. The van der Waals surface area contributed by atoms with E-state index in [2.05, 4.69) is 6.07 Å². The van der Waals surface area contributed by atoms with Crippen LogP contribution < -0.4 is 9.47 Å². The standard InChI is InChI=1S/C23H16ClFN2O4/c1-30-22-12-16(10-18(13-26)17-4-8-20(9-5-17)27(28)29)11-21(24)23(22)31-14-15-2-6-19(25)7-3-15/h2-12H,14H2,1H3/b18-10-. The highest BCUT2D eigenvalue weighted by atomic mass is 35.5. The maximum Gasteiger partial charge on any atom is 0.269 e. The molecule has 0 radical (unpaired) electrons. The Morgan fingerprint density at radius 1 is 1.19 bits per heavy atom. The SMILES string of the molecule is COc1cc(/C=C(/C#N)c2ccc([N+](=O)[O-])cc2)cc(Cl)c1OCc1ccc(F)cc1. The van der Waals surface area contributed by atoms with Crippen LogP contribution in [0.3, 0.4) is 0 Å². The van der Waals surface area contributed by atoms with Gasteiger partial charge in [0.15, 0.2) is 11.5 Å². The molecule has 0 amide bonds. The van der Waals surface area contributed by atoms with Crippen LogP contribution in [0.25, 0.3) is 11.6 Å². The van der Waals surface area contributed by atoms with Crippen LogP contribution in [-0.4, -0.2) is 12.0 Å². The predicted octanol–water partition coefficient (Wildman–Crippen LogP) is 6.04. The summed E-state index contributed by atoms with van der Waals surface area (Å²) in [7, 11) is 1.46. The fraction of sp³-hybridized carbons (Fsp3) is 0.0870. The second-order valence-electron chi connectivity index (χ2n) is 6.42. The Bertz CT molecular complexity index is 1170. The van der Waals surface area contributed by atoms with Gasteiger partial charge in [0.05, 0.1) is 28.7 Å². The number of allylic oxidation sites excluding steroid dienone is 1. The number of nitro groups is 1. The summed E-state index contributed by atoms with van der Waals surface area (Å²) in [6.45, 7) is 0.164. The van der Waals surface area contributed by atoms with Crippen molar-refractivity contribution in [3.63, 3.8) is 0 Å². The third-order valence-corrected chi connectivity index (χ3v) is 4.65. The van der Waals surface area contributed by atoms with E-state index in [9.17, 15) is 19.8 Å². The van der Waals surface area contributed by atoms with Crippen molar-refractivity contribution < 1.29 is 18.8 Å². The van der Waals surface area contributed by atoms with Crippen molar-refractivity contribution in [1.29, 1.82) is 5.26 Å². The van der Waals surface area contributed by atoms with Crippen LogP contribution in [0.4, 0.5) is 10.1 Å². The van der Waals surface area contributed by atoms with Gasteiger partial charge in [0.2, 0.25) is 0 Å². The molecule has 6 nitrogen and oxygen atoms in total. The number of nitrogens with zero attached hydrogens (tertiary/aromatic N) is 2. The van der Waals surface area contributed by atoms with E-state index < -0.39 is 4.92 Å². The average Bonchev–Trinajstić information content (AvgIpc) is 2.77. The van der Waals surface area contributed by atoms with Gasteiger partial charge in [-0.05, 0) is 59.2 Å². The number of hydrogen-bond donors (Lipinski definition) is 0. The van der Waals surface area contributed by atoms with E-state index in [1.807, 2.05) is 0 Å². The molecule has 0 unspecified atom stereocenters. The third kappa shape index (κ3) is 5.38. The summed E-state index contributed by atoms with van der Waals surface area (Å²) in [4.78, 5) is 10.3. The number of hydrogen-bond acceptors (Lipinski definition) is 5. The highest BCUT2D eigenvalue weighted by Gasteiger charge is 2.13. The zero-order chi connectivity index (χ0) is 22.4. The summed E-state index contributed by atoms with van der Waals surface area (Å²) in [5.74, 6) is 0.346. The van der Waals surface area contributed by atoms with Gasteiger partial charge in [-0.1, -0.05) is 23.7 Å². The molecule has 3 rings (SSSR count). The number of non-ortho nitro benzene ring substituents is 1. The molecule has 31 heavy (non-hydrogen) atoms. The maximum atomic E-state index is 13.0. The summed E-state index contributed by atoms with van der Waals surface area (Å²) < 4.78 is 24.2. The first kappa shape index (κ1) is 21.8. The number of halogens is 2. The highest BCUT2D eigenvalue weighted by molar-refractivity contribution is 6.32. The summed E-state index contributed by atoms with van der Waals surface area (Å²) >= 11 is 6.38.